The summed E-state index contributed by atoms with van der Waals surface area (Å²) in [5.74, 6) is -4.24. The van der Waals surface area contributed by atoms with Crippen molar-refractivity contribution in [2.45, 2.75) is 24.9 Å². The van der Waals surface area contributed by atoms with Gasteiger partial charge in [-0.1, -0.05) is 18.2 Å². The average Bonchev–Trinajstić information content (AvgIpc) is 3.03. The lowest BCUT2D eigenvalue weighted by atomic mass is 10.0. The molecule has 7 N–H and O–H groups in total. The van der Waals surface area contributed by atoms with Crippen LogP contribution in [-0.4, -0.2) is 57.6 Å². The van der Waals surface area contributed by atoms with Crippen LogP contribution in [0.4, 0.5) is 0 Å². The van der Waals surface area contributed by atoms with Crippen LogP contribution in [0.1, 0.15) is 12.0 Å². The zero-order chi connectivity index (χ0) is 20.0. The minimum absolute atomic E-state index is 0.0181. The molecule has 0 bridgehead atoms. The van der Waals surface area contributed by atoms with Crippen molar-refractivity contribution in [3.05, 3.63) is 36.0 Å². The summed E-state index contributed by atoms with van der Waals surface area (Å²) in [5, 5.41) is 23.6. The molecule has 2 amide bonds. The summed E-state index contributed by atoms with van der Waals surface area (Å²) >= 11 is 0. The van der Waals surface area contributed by atoms with Gasteiger partial charge in [0.05, 0.1) is 13.0 Å². The Bertz CT molecular complexity index is 862. The van der Waals surface area contributed by atoms with Gasteiger partial charge in [-0.05, 0) is 11.6 Å². The van der Waals surface area contributed by atoms with Gasteiger partial charge in [-0.2, -0.15) is 0 Å². The number of nitrogens with one attached hydrogen (secondary N) is 3. The van der Waals surface area contributed by atoms with Crippen molar-refractivity contribution in [3.8, 4) is 0 Å². The molecule has 1 heterocycles. The van der Waals surface area contributed by atoms with E-state index in [2.05, 4.69) is 15.6 Å². The van der Waals surface area contributed by atoms with Crippen molar-refractivity contribution >= 4 is 34.7 Å². The number of aromatic nitrogens is 1. The van der Waals surface area contributed by atoms with Crippen molar-refractivity contribution in [3.63, 3.8) is 0 Å². The minimum atomic E-state index is -1.43. The van der Waals surface area contributed by atoms with E-state index >= 15 is 0 Å². The summed E-state index contributed by atoms with van der Waals surface area (Å²) in [5.41, 5.74) is 6.66. The maximum Gasteiger partial charge on any atom is 0.326 e. The van der Waals surface area contributed by atoms with E-state index in [4.69, 9.17) is 10.8 Å². The van der Waals surface area contributed by atoms with Gasteiger partial charge in [0.25, 0.3) is 0 Å². The number of carbonyl (C=O) groups is 4. The SMILES string of the molecule is NCC(=O)N[C@@H](CC(=O)O)C(=O)N[C@@H](Cc1c[nH]c2ccccc12)C(=O)O. The van der Waals surface area contributed by atoms with Crippen LogP contribution in [0.2, 0.25) is 0 Å². The summed E-state index contributed by atoms with van der Waals surface area (Å²) in [6.45, 7) is -0.429. The zero-order valence-electron chi connectivity index (χ0n) is 14.3. The molecule has 0 radical (unpaired) electrons. The van der Waals surface area contributed by atoms with Crippen LogP contribution in [0.3, 0.4) is 0 Å². The molecule has 0 aliphatic heterocycles. The number of hydrogen-bond acceptors (Lipinski definition) is 5. The Hall–Kier alpha value is -3.40. The lowest BCUT2D eigenvalue weighted by Crippen LogP contribution is -2.53. The predicted molar refractivity (Wildman–Crippen MR) is 94.8 cm³/mol. The largest absolute Gasteiger partial charge is 0.481 e. The van der Waals surface area contributed by atoms with E-state index in [0.717, 1.165) is 10.9 Å². The second kappa shape index (κ2) is 8.81. The molecule has 0 unspecified atom stereocenters. The Balaban J connectivity index is 2.15. The number of aliphatic carboxylic acids is 2. The normalized spacial score (nSPS) is 12.9. The minimum Gasteiger partial charge on any atom is -0.481 e. The van der Waals surface area contributed by atoms with E-state index in [-0.39, 0.29) is 6.42 Å². The van der Waals surface area contributed by atoms with Crippen molar-refractivity contribution in [2.24, 2.45) is 5.73 Å². The first-order chi connectivity index (χ1) is 12.8. The highest BCUT2D eigenvalue weighted by atomic mass is 16.4. The van der Waals surface area contributed by atoms with E-state index in [9.17, 15) is 24.3 Å². The number of para-hydroxylation sites is 1. The number of hydrogen-bond donors (Lipinski definition) is 6. The second-order valence-electron chi connectivity index (χ2n) is 5.89. The molecule has 0 saturated carbocycles. The first-order valence-corrected chi connectivity index (χ1v) is 8.11. The van der Waals surface area contributed by atoms with Gasteiger partial charge >= 0.3 is 11.9 Å². The third-order valence-corrected chi connectivity index (χ3v) is 3.93. The Labute approximate surface area is 153 Å². The number of H-pyrrole nitrogens is 1. The lowest BCUT2D eigenvalue weighted by Gasteiger charge is -2.20. The third-order valence-electron chi connectivity index (χ3n) is 3.93. The van der Waals surface area contributed by atoms with E-state index in [1.807, 2.05) is 18.2 Å². The number of fused-ring (bicyclic) bond motifs is 1. The molecule has 1 aromatic heterocycles. The van der Waals surface area contributed by atoms with Crippen molar-refractivity contribution in [2.75, 3.05) is 6.54 Å². The van der Waals surface area contributed by atoms with E-state index in [0.29, 0.717) is 5.56 Å². The third kappa shape index (κ3) is 5.28. The number of benzene rings is 1. The van der Waals surface area contributed by atoms with Gasteiger partial charge in [-0.15, -0.1) is 0 Å². The standard InChI is InChI=1S/C17H20N4O6/c18-7-14(22)20-12(6-15(23)24)16(25)21-13(17(26)27)5-9-8-19-11-4-2-1-3-10(9)11/h1-4,8,12-13,19H,5-7,18H2,(H,20,22)(H,21,25)(H,23,24)(H,26,27)/t12-,13-/m0/s1. The number of carbonyl (C=O) groups excluding carboxylic acids is 2. The molecule has 0 aliphatic carbocycles. The van der Waals surface area contributed by atoms with Crippen LogP contribution in [0.15, 0.2) is 30.5 Å². The van der Waals surface area contributed by atoms with Gasteiger partial charge in [0.15, 0.2) is 0 Å². The van der Waals surface area contributed by atoms with Gasteiger partial charge in [-0.25, -0.2) is 4.79 Å². The smallest absolute Gasteiger partial charge is 0.326 e. The number of rotatable bonds is 9. The molecule has 10 nitrogen and oxygen atoms in total. The molecule has 0 saturated heterocycles. The first kappa shape index (κ1) is 19.9. The first-order valence-electron chi connectivity index (χ1n) is 8.11. The summed E-state index contributed by atoms with van der Waals surface area (Å²) < 4.78 is 0. The molecule has 2 atom stereocenters. The zero-order valence-corrected chi connectivity index (χ0v) is 14.3. The Kier molecular flexibility index (Phi) is 6.50. The summed E-state index contributed by atoms with van der Waals surface area (Å²) in [6, 6.07) is 4.55. The van der Waals surface area contributed by atoms with Gasteiger partial charge in [0.2, 0.25) is 11.8 Å². The molecular formula is C17H20N4O6. The summed E-state index contributed by atoms with van der Waals surface area (Å²) in [4.78, 5) is 49.2. The maximum atomic E-state index is 12.3. The monoisotopic (exact) mass is 376 g/mol. The number of carboxylic acid groups (broad SMARTS) is 2. The van der Waals surface area contributed by atoms with Crippen LogP contribution >= 0.6 is 0 Å². The number of carboxylic acids is 2. The van der Waals surface area contributed by atoms with Crippen LogP contribution in [0.5, 0.6) is 0 Å². The van der Waals surface area contributed by atoms with Gasteiger partial charge in [0.1, 0.15) is 12.1 Å². The molecular weight excluding hydrogens is 356 g/mol. The fourth-order valence-electron chi connectivity index (χ4n) is 2.63. The van der Waals surface area contributed by atoms with Crippen molar-refractivity contribution in [1.29, 1.82) is 0 Å². The van der Waals surface area contributed by atoms with Crippen LogP contribution in [0.25, 0.3) is 10.9 Å². The molecule has 2 aromatic rings. The van der Waals surface area contributed by atoms with Crippen molar-refractivity contribution < 1.29 is 29.4 Å². The number of aromatic amines is 1. The number of nitrogens with two attached hydrogens (primary N) is 1. The Morgan fingerprint density at radius 3 is 2.41 bits per heavy atom. The van der Waals surface area contributed by atoms with Crippen LogP contribution in [-0.2, 0) is 25.6 Å². The molecule has 0 fully saturated rings. The van der Waals surface area contributed by atoms with Crippen LogP contribution in [0, 0.1) is 0 Å². The second-order valence-corrected chi connectivity index (χ2v) is 5.89. The Morgan fingerprint density at radius 2 is 1.78 bits per heavy atom. The Morgan fingerprint density at radius 1 is 1.07 bits per heavy atom. The highest BCUT2D eigenvalue weighted by Crippen LogP contribution is 2.19. The maximum absolute atomic E-state index is 12.3. The predicted octanol–water partition coefficient (Wildman–Crippen LogP) is -0.802. The fourth-order valence-corrected chi connectivity index (χ4v) is 2.63. The summed E-state index contributed by atoms with van der Waals surface area (Å²) in [7, 11) is 0. The molecule has 144 valence electrons. The average molecular weight is 376 g/mol. The molecule has 0 spiro atoms. The van der Waals surface area contributed by atoms with E-state index < -0.39 is 48.8 Å². The quantitative estimate of drug-likeness (QED) is 0.332. The van der Waals surface area contributed by atoms with Gasteiger partial charge in [0, 0.05) is 23.5 Å². The number of amides is 2. The highest BCUT2D eigenvalue weighted by Gasteiger charge is 2.28. The topological polar surface area (TPSA) is 175 Å². The van der Waals surface area contributed by atoms with Crippen LogP contribution < -0.4 is 16.4 Å². The van der Waals surface area contributed by atoms with Crippen molar-refractivity contribution in [1.82, 2.24) is 15.6 Å². The molecule has 2 rings (SSSR count). The van der Waals surface area contributed by atoms with Gasteiger partial charge in [-0.3, -0.25) is 14.4 Å². The van der Waals surface area contributed by atoms with E-state index in [1.165, 1.54) is 0 Å². The fraction of sp³-hybridized carbons (Fsp3) is 0.294. The molecule has 0 aliphatic rings. The van der Waals surface area contributed by atoms with E-state index in [1.54, 1.807) is 12.3 Å². The molecule has 10 heteroatoms. The molecule has 27 heavy (non-hydrogen) atoms. The highest BCUT2D eigenvalue weighted by molar-refractivity contribution is 5.93. The molecule has 1 aromatic carbocycles. The van der Waals surface area contributed by atoms with Gasteiger partial charge < -0.3 is 31.6 Å². The summed E-state index contributed by atoms with van der Waals surface area (Å²) in [6.07, 6.45) is 0.935. The lowest BCUT2D eigenvalue weighted by molar-refractivity contribution is -0.143.